The summed E-state index contributed by atoms with van der Waals surface area (Å²) < 4.78 is 48.6. The molecule has 14 aromatic rings. The third kappa shape index (κ3) is 10.4. The van der Waals surface area contributed by atoms with Gasteiger partial charge < -0.3 is 9.80 Å². The van der Waals surface area contributed by atoms with E-state index < -0.39 is 12.8 Å². The highest BCUT2D eigenvalue weighted by Crippen LogP contribution is 2.54. The minimum Gasteiger partial charge on any atom is -0.311 e. The van der Waals surface area contributed by atoms with E-state index in [0.29, 0.717) is 5.56 Å². The lowest BCUT2D eigenvalue weighted by Gasteiger charge is -2.45. The number of rotatable bonds is 9. The van der Waals surface area contributed by atoms with Crippen LogP contribution in [0.25, 0.3) is 98.1 Å². The molecule has 0 atom stereocenters. The van der Waals surface area contributed by atoms with Crippen LogP contribution in [-0.2, 0) is 16.2 Å². The second-order valence-corrected chi connectivity index (χ2v) is 29.6. The molecule has 0 spiro atoms. The Bertz CT molecular complexity index is 5390. The van der Waals surface area contributed by atoms with Crippen LogP contribution in [0.1, 0.15) is 85.9 Å². The highest BCUT2D eigenvalue weighted by atomic mass is 32.1. The fourth-order valence-electron chi connectivity index (χ4n) is 14.4. The van der Waals surface area contributed by atoms with E-state index in [9.17, 15) is 2.74 Å². The molecule has 1 aromatic heterocycles. The molecule has 0 saturated carbocycles. The fraction of sp³-hybridized carbons (Fsp3) is 0.133. The van der Waals surface area contributed by atoms with Crippen molar-refractivity contribution < 1.29 is 6.85 Å². The van der Waals surface area contributed by atoms with Gasteiger partial charge >= 0.3 is 0 Å². The normalized spacial score (nSPS) is 13.6. The zero-order valence-corrected chi connectivity index (χ0v) is 55.5. The largest absolute Gasteiger partial charge is 0.311 e. The molecular weight excluding hydrogens is 1150 g/mol. The first-order valence-corrected chi connectivity index (χ1v) is 33.6. The molecule has 13 aromatic carbocycles. The van der Waals surface area contributed by atoms with E-state index in [-0.39, 0.29) is 46.0 Å². The monoisotopic (exact) mass is 1230 g/mol. The first-order chi connectivity index (χ1) is 47.6. The lowest BCUT2D eigenvalue weighted by molar-refractivity contribution is 0.569. The number of benzene rings is 13. The van der Waals surface area contributed by atoms with Gasteiger partial charge in [0, 0.05) is 59.7 Å². The first kappa shape index (κ1) is 53.3. The van der Waals surface area contributed by atoms with Gasteiger partial charge in [-0.15, -0.1) is 11.3 Å². The summed E-state index contributed by atoms with van der Waals surface area (Å²) in [7, 11) is 0. The lowest BCUT2D eigenvalue weighted by Crippen LogP contribution is -2.61. The van der Waals surface area contributed by atoms with E-state index in [1.807, 2.05) is 17.4 Å². The summed E-state index contributed by atoms with van der Waals surface area (Å²) in [5, 5.41) is 2.38. The van der Waals surface area contributed by atoms with Gasteiger partial charge in [-0.2, -0.15) is 0 Å². The van der Waals surface area contributed by atoms with Crippen LogP contribution in [0.4, 0.5) is 34.1 Å². The molecule has 454 valence electrons. The third-order valence-electron chi connectivity index (χ3n) is 19.3. The van der Waals surface area contributed by atoms with Crippen molar-refractivity contribution in [1.29, 1.82) is 0 Å². The zero-order chi connectivity index (χ0) is 68.6. The smallest absolute Gasteiger partial charge is 0.252 e. The second kappa shape index (κ2) is 22.8. The van der Waals surface area contributed by atoms with Crippen LogP contribution in [0.15, 0.2) is 291 Å². The lowest BCUT2D eigenvalue weighted by atomic mass is 9.33. The fourth-order valence-corrected chi connectivity index (χ4v) is 15.5. The highest BCUT2D eigenvalue weighted by molar-refractivity contribution is 7.26. The summed E-state index contributed by atoms with van der Waals surface area (Å²) in [6.45, 7) is 20.3. The van der Waals surface area contributed by atoms with Crippen molar-refractivity contribution in [2.45, 2.75) is 78.6 Å². The minimum atomic E-state index is -0.428. The van der Waals surface area contributed by atoms with Crippen LogP contribution in [0.2, 0.25) is 0 Å². The van der Waals surface area contributed by atoms with Crippen molar-refractivity contribution in [1.82, 2.24) is 0 Å². The molecule has 2 aliphatic rings. The molecule has 0 amide bonds. The summed E-state index contributed by atoms with van der Waals surface area (Å²) in [4.78, 5) is 5.07. The maximum absolute atomic E-state index is 9.60. The van der Waals surface area contributed by atoms with Gasteiger partial charge in [0.05, 0.1) is 12.5 Å². The van der Waals surface area contributed by atoms with Crippen LogP contribution in [0.5, 0.6) is 0 Å². The molecule has 3 heterocycles. The Morgan fingerprint density at radius 2 is 0.766 bits per heavy atom. The van der Waals surface area contributed by atoms with Crippen molar-refractivity contribution >= 4 is 88.7 Å². The molecule has 0 radical (unpaired) electrons. The summed E-state index contributed by atoms with van der Waals surface area (Å²) in [5.74, 6) is 0. The molecule has 4 heteroatoms. The minimum absolute atomic E-state index is 0.135. The predicted octanol–water partition coefficient (Wildman–Crippen LogP) is 23.7. The van der Waals surface area contributed by atoms with Crippen LogP contribution >= 0.6 is 11.3 Å². The summed E-state index contributed by atoms with van der Waals surface area (Å²) in [5.41, 5.74) is 25.8. The first-order valence-electron chi connectivity index (χ1n) is 35.3. The number of hydrogen-bond donors (Lipinski definition) is 0. The SMILES string of the molecule is [2H]c1c([2H])c([2H])c(-c2ccc3c(c2)N(c2c(-c4ccccc4)cc(C(C)(C)C)cc2-c2ccccc2)c2cc(-c4cccc5sc6ccccc6c45)cc4c2B3c2ccc(-c3cc(C(C)(C)C)cc(C(C)(C)C)c3)cc2N4c2cc(-c3ccccc3)cc(-c3ccccc3)c2)c([2H])c1[2H]. The average Bonchev–Trinajstić information content (AvgIpc) is 0.814. The van der Waals surface area contributed by atoms with Crippen molar-refractivity contribution in [3.8, 4) is 77.9 Å². The molecule has 0 bridgehead atoms. The number of hydrogen-bond acceptors (Lipinski definition) is 3. The molecule has 0 saturated heterocycles. The van der Waals surface area contributed by atoms with Gasteiger partial charge in [-0.3, -0.25) is 0 Å². The molecule has 94 heavy (non-hydrogen) atoms. The molecular formula is C90H75BN2S. The van der Waals surface area contributed by atoms with Crippen molar-refractivity contribution in [2.75, 3.05) is 9.80 Å². The second-order valence-electron chi connectivity index (χ2n) is 28.6. The van der Waals surface area contributed by atoms with E-state index in [1.165, 1.54) is 36.9 Å². The Kier molecular flexibility index (Phi) is 12.9. The van der Waals surface area contributed by atoms with Crippen LogP contribution in [0.3, 0.4) is 0 Å². The molecule has 0 unspecified atom stereocenters. The van der Waals surface area contributed by atoms with E-state index in [4.69, 9.17) is 4.11 Å². The van der Waals surface area contributed by atoms with E-state index in [1.54, 1.807) is 0 Å². The number of anilines is 6. The van der Waals surface area contributed by atoms with Gasteiger partial charge in [0.1, 0.15) is 0 Å². The van der Waals surface area contributed by atoms with Crippen LogP contribution in [0, 0.1) is 0 Å². The third-order valence-corrected chi connectivity index (χ3v) is 20.5. The molecule has 0 aliphatic carbocycles. The summed E-state index contributed by atoms with van der Waals surface area (Å²) in [6.07, 6.45) is 0. The standard InChI is InChI=1S/C90H75BN2S/c1-88(2,3)69-47-67(48-70(55-69)89(4,5)6)64-43-45-77-79(52-64)92(72-49-65(59-30-17-11-18-31-59)46-66(50-72)60-32-19-12-20-33-60)81-53-68(73-39-27-41-84-85(73)74-38-25-26-40-83(74)94-84)54-82-86(81)91(77)78-44-42-63(58-28-15-10-16-29-58)51-80(78)93(82)87-75(61-34-21-13-22-35-61)56-71(90(7,8)9)57-76(87)62-36-23-14-24-37-62/h10-57H,1-9H3/i10D,15D,16D,28D,29D. The number of thiophene rings is 1. The van der Waals surface area contributed by atoms with E-state index >= 15 is 0 Å². The van der Waals surface area contributed by atoms with Gasteiger partial charge in [0.25, 0.3) is 6.71 Å². The zero-order valence-electron chi connectivity index (χ0n) is 59.7. The highest BCUT2D eigenvalue weighted by Gasteiger charge is 2.45. The Balaban J connectivity index is 1.11. The molecule has 0 fully saturated rings. The molecule has 0 N–H and O–H groups in total. The Morgan fingerprint density at radius 1 is 0.319 bits per heavy atom. The Hall–Kier alpha value is -10.3. The Labute approximate surface area is 566 Å². The molecule has 2 nitrogen and oxygen atoms in total. The van der Waals surface area contributed by atoms with Crippen molar-refractivity contribution in [3.63, 3.8) is 0 Å². The number of fused-ring (bicyclic) bond motifs is 7. The molecule has 2 aliphatic heterocycles. The maximum Gasteiger partial charge on any atom is 0.252 e. The van der Waals surface area contributed by atoms with Gasteiger partial charge in [-0.05, 0) is 183 Å². The average molecular weight is 1230 g/mol. The topological polar surface area (TPSA) is 6.48 Å². The van der Waals surface area contributed by atoms with Crippen molar-refractivity contribution in [3.05, 3.63) is 308 Å². The van der Waals surface area contributed by atoms with Gasteiger partial charge in [-0.1, -0.05) is 287 Å². The number of nitrogens with zero attached hydrogens (tertiary/aromatic N) is 2. The van der Waals surface area contributed by atoms with Crippen LogP contribution < -0.4 is 26.2 Å². The maximum atomic E-state index is 9.60. The quantitative estimate of drug-likeness (QED) is 0.133. The van der Waals surface area contributed by atoms with Gasteiger partial charge in [-0.25, -0.2) is 0 Å². The van der Waals surface area contributed by atoms with E-state index in [2.05, 4.69) is 327 Å². The van der Waals surface area contributed by atoms with Crippen molar-refractivity contribution in [2.24, 2.45) is 0 Å². The van der Waals surface area contributed by atoms with E-state index in [0.717, 1.165) is 117 Å². The predicted molar refractivity (Wildman–Crippen MR) is 408 cm³/mol. The van der Waals surface area contributed by atoms with Crippen LogP contribution in [-0.4, -0.2) is 6.71 Å². The van der Waals surface area contributed by atoms with Gasteiger partial charge in [0.15, 0.2) is 0 Å². The Morgan fingerprint density at radius 3 is 1.31 bits per heavy atom. The summed E-state index contributed by atoms with van der Waals surface area (Å²) >= 11 is 1.82. The van der Waals surface area contributed by atoms with Gasteiger partial charge in [0.2, 0.25) is 0 Å². The molecule has 16 rings (SSSR count). The summed E-state index contributed by atoms with van der Waals surface area (Å²) in [6, 6.07) is 94.3.